The molecule has 0 spiro atoms. The molecule has 0 amide bonds. The molecule has 1 saturated heterocycles. The molecule has 0 radical (unpaired) electrons. The number of hydrogen-bond acceptors (Lipinski definition) is 3. The Kier molecular flexibility index (Phi) is 3.55. The van der Waals surface area contributed by atoms with E-state index < -0.39 is 0 Å². The van der Waals surface area contributed by atoms with E-state index in [1.807, 2.05) is 52.0 Å². The molecule has 0 aliphatic carbocycles. The Morgan fingerprint density at radius 1 is 1.21 bits per heavy atom. The van der Waals surface area contributed by atoms with Gasteiger partial charge in [0.15, 0.2) is 11.4 Å². The van der Waals surface area contributed by atoms with Gasteiger partial charge in [0.1, 0.15) is 0 Å². The second-order valence-corrected chi connectivity index (χ2v) is 6.14. The molecule has 0 atom stereocenters. The number of rotatable bonds is 2. The van der Waals surface area contributed by atoms with Gasteiger partial charge in [-0.1, -0.05) is 12.1 Å². The monoisotopic (exact) mass is 280 g/mol. The van der Waals surface area contributed by atoms with Crippen molar-refractivity contribution in [3.63, 3.8) is 0 Å². The van der Waals surface area contributed by atoms with Crippen molar-refractivity contribution in [3.05, 3.63) is 29.8 Å². The van der Waals surface area contributed by atoms with E-state index in [1.54, 1.807) is 0 Å². The molecular formula is C14H20N2O2S. The highest BCUT2D eigenvalue weighted by molar-refractivity contribution is 7.80. The van der Waals surface area contributed by atoms with Gasteiger partial charge in [0.05, 0.1) is 11.2 Å². The van der Waals surface area contributed by atoms with Crippen molar-refractivity contribution in [2.75, 3.05) is 5.32 Å². The van der Waals surface area contributed by atoms with Crippen LogP contribution in [0.1, 0.15) is 39.5 Å². The highest BCUT2D eigenvalue weighted by Crippen LogP contribution is 2.44. The Balaban J connectivity index is 2.22. The van der Waals surface area contributed by atoms with Gasteiger partial charge in [-0.2, -0.15) is 0 Å². The smallest absolute Gasteiger partial charge is 0.185 e. The number of hydrogen-bond donors (Lipinski definition) is 2. The standard InChI is InChI=1S/C14H20N2O2S/c1-13(2)14(3,4)18-11(17-13)9-6-5-7-10(8-9)16-12(15)19/h5-8,11H,1-4H3,(H3,15,16,19). The molecule has 1 aliphatic heterocycles. The molecule has 0 saturated carbocycles. The number of nitrogens with one attached hydrogen (secondary N) is 1. The third-order valence-corrected chi connectivity index (χ3v) is 3.78. The summed E-state index contributed by atoms with van der Waals surface area (Å²) in [6.07, 6.45) is -0.377. The minimum absolute atomic E-state index is 0.242. The van der Waals surface area contributed by atoms with Crippen LogP contribution in [0.2, 0.25) is 0 Å². The molecule has 1 aromatic rings. The highest BCUT2D eigenvalue weighted by Gasteiger charge is 2.49. The van der Waals surface area contributed by atoms with Gasteiger partial charge in [-0.3, -0.25) is 0 Å². The Bertz CT molecular complexity index is 484. The van der Waals surface area contributed by atoms with Crippen LogP contribution in [0.3, 0.4) is 0 Å². The first kappa shape index (κ1) is 14.2. The molecule has 1 aromatic carbocycles. The van der Waals surface area contributed by atoms with Gasteiger partial charge in [-0.25, -0.2) is 0 Å². The molecule has 1 aliphatic rings. The van der Waals surface area contributed by atoms with Crippen LogP contribution in [-0.2, 0) is 9.47 Å². The van der Waals surface area contributed by atoms with Crippen molar-refractivity contribution in [1.82, 2.24) is 0 Å². The molecule has 0 bridgehead atoms. The lowest BCUT2D eigenvalue weighted by molar-refractivity contribution is -0.0895. The average Bonchev–Trinajstić information content (AvgIpc) is 2.47. The topological polar surface area (TPSA) is 56.5 Å². The molecule has 0 aromatic heterocycles. The van der Waals surface area contributed by atoms with Crippen LogP contribution in [0.25, 0.3) is 0 Å². The molecule has 4 nitrogen and oxygen atoms in total. The quantitative estimate of drug-likeness (QED) is 0.816. The molecular weight excluding hydrogens is 260 g/mol. The second-order valence-electron chi connectivity index (χ2n) is 5.70. The summed E-state index contributed by atoms with van der Waals surface area (Å²) in [5.41, 5.74) is 6.56. The fourth-order valence-electron chi connectivity index (χ4n) is 1.88. The van der Waals surface area contributed by atoms with Crippen LogP contribution < -0.4 is 11.1 Å². The summed E-state index contributed by atoms with van der Waals surface area (Å²) in [5, 5.41) is 3.15. The molecule has 3 N–H and O–H groups in total. The van der Waals surface area contributed by atoms with Gasteiger partial charge in [0.25, 0.3) is 0 Å². The predicted octanol–water partition coefficient (Wildman–Crippen LogP) is 2.94. The van der Waals surface area contributed by atoms with Gasteiger partial charge in [-0.15, -0.1) is 0 Å². The van der Waals surface area contributed by atoms with Crippen LogP contribution in [0, 0.1) is 0 Å². The van der Waals surface area contributed by atoms with Gasteiger partial charge in [0, 0.05) is 11.3 Å². The Labute approximate surface area is 119 Å². The largest absolute Gasteiger partial charge is 0.376 e. The number of nitrogens with two attached hydrogens (primary N) is 1. The van der Waals surface area contributed by atoms with Gasteiger partial charge < -0.3 is 20.5 Å². The zero-order valence-corrected chi connectivity index (χ0v) is 12.5. The summed E-state index contributed by atoms with van der Waals surface area (Å²) < 4.78 is 12.0. The van der Waals surface area contributed by atoms with E-state index in [4.69, 9.17) is 27.4 Å². The first-order chi connectivity index (χ1) is 8.71. The van der Waals surface area contributed by atoms with E-state index in [0.29, 0.717) is 0 Å². The highest BCUT2D eigenvalue weighted by atomic mass is 32.1. The van der Waals surface area contributed by atoms with Gasteiger partial charge in [-0.05, 0) is 52.0 Å². The fraction of sp³-hybridized carbons (Fsp3) is 0.500. The lowest BCUT2D eigenvalue weighted by Gasteiger charge is -2.30. The van der Waals surface area contributed by atoms with E-state index in [-0.39, 0.29) is 22.6 Å². The molecule has 0 unspecified atom stereocenters. The van der Waals surface area contributed by atoms with Gasteiger partial charge >= 0.3 is 0 Å². The summed E-state index contributed by atoms with van der Waals surface area (Å²) >= 11 is 4.83. The molecule has 104 valence electrons. The summed E-state index contributed by atoms with van der Waals surface area (Å²) in [5.74, 6) is 0. The maximum absolute atomic E-state index is 6.00. The maximum atomic E-state index is 6.00. The van der Waals surface area contributed by atoms with Crippen molar-refractivity contribution in [2.45, 2.75) is 45.2 Å². The van der Waals surface area contributed by atoms with Crippen LogP contribution in [0.4, 0.5) is 5.69 Å². The van der Waals surface area contributed by atoms with E-state index in [9.17, 15) is 0 Å². The summed E-state index contributed by atoms with van der Waals surface area (Å²) in [4.78, 5) is 0. The molecule has 1 fully saturated rings. The number of ether oxygens (including phenoxy) is 2. The molecule has 1 heterocycles. The summed E-state index contributed by atoms with van der Waals surface area (Å²) in [6, 6.07) is 7.71. The maximum Gasteiger partial charge on any atom is 0.185 e. The van der Waals surface area contributed by atoms with E-state index in [2.05, 4.69) is 5.32 Å². The molecule has 2 rings (SSSR count). The summed E-state index contributed by atoms with van der Waals surface area (Å²) in [7, 11) is 0. The SMILES string of the molecule is CC1(C)OC(c2cccc(NC(N)=S)c2)OC1(C)C. The van der Waals surface area contributed by atoms with Crippen LogP contribution >= 0.6 is 12.2 Å². The predicted molar refractivity (Wildman–Crippen MR) is 79.9 cm³/mol. The minimum Gasteiger partial charge on any atom is -0.376 e. The van der Waals surface area contributed by atoms with Crippen LogP contribution in [-0.4, -0.2) is 16.3 Å². The lowest BCUT2D eigenvalue weighted by atomic mass is 9.90. The zero-order chi connectivity index (χ0) is 14.3. The second kappa shape index (κ2) is 4.74. The van der Waals surface area contributed by atoms with Crippen molar-refractivity contribution >= 4 is 23.0 Å². The lowest BCUT2D eigenvalue weighted by Crippen LogP contribution is -2.41. The Hall–Kier alpha value is -1.17. The zero-order valence-electron chi connectivity index (χ0n) is 11.7. The van der Waals surface area contributed by atoms with E-state index in [1.165, 1.54) is 0 Å². The molecule has 19 heavy (non-hydrogen) atoms. The third-order valence-electron chi connectivity index (χ3n) is 3.68. The summed E-state index contributed by atoms with van der Waals surface area (Å²) in [6.45, 7) is 8.13. The third kappa shape index (κ3) is 2.88. The van der Waals surface area contributed by atoms with E-state index in [0.717, 1.165) is 11.3 Å². The van der Waals surface area contributed by atoms with Gasteiger partial charge in [0.2, 0.25) is 0 Å². The number of thiocarbonyl (C=S) groups is 1. The van der Waals surface area contributed by atoms with Crippen LogP contribution in [0.5, 0.6) is 0 Å². The van der Waals surface area contributed by atoms with Crippen molar-refractivity contribution in [1.29, 1.82) is 0 Å². The minimum atomic E-state index is -0.377. The van der Waals surface area contributed by atoms with Crippen LogP contribution in [0.15, 0.2) is 24.3 Å². The number of benzene rings is 1. The van der Waals surface area contributed by atoms with Crippen molar-refractivity contribution in [3.8, 4) is 0 Å². The Morgan fingerprint density at radius 3 is 2.32 bits per heavy atom. The van der Waals surface area contributed by atoms with Crippen molar-refractivity contribution < 1.29 is 9.47 Å². The van der Waals surface area contributed by atoms with Crippen molar-refractivity contribution in [2.24, 2.45) is 5.73 Å². The molecule has 5 heteroatoms. The first-order valence-electron chi connectivity index (χ1n) is 6.23. The fourth-order valence-corrected chi connectivity index (χ4v) is 2.00. The number of anilines is 1. The van der Waals surface area contributed by atoms with E-state index >= 15 is 0 Å². The first-order valence-corrected chi connectivity index (χ1v) is 6.64. The Morgan fingerprint density at radius 2 is 1.79 bits per heavy atom. The normalized spacial score (nSPS) is 21.3. The average molecular weight is 280 g/mol.